The molecule has 0 fully saturated rings. The van der Waals surface area contributed by atoms with Crippen molar-refractivity contribution in [3.63, 3.8) is 0 Å². The van der Waals surface area contributed by atoms with E-state index in [2.05, 4.69) is 17.0 Å². The second-order valence-corrected chi connectivity index (χ2v) is 7.74. The standard InChI is InChI=1S/C22H19N3O2S/c1-3-15-8-10-17(11-9-15)13-19-21(27)25-22(28-19)23-20(26)18(24-25)12-16-6-4-14(2)5-7-16/h4-11,13H,3,12H2,1-2H3. The Morgan fingerprint density at radius 3 is 2.36 bits per heavy atom. The van der Waals surface area contributed by atoms with Gasteiger partial charge in [-0.15, -0.1) is 0 Å². The van der Waals surface area contributed by atoms with E-state index in [4.69, 9.17) is 0 Å². The molecule has 0 atom stereocenters. The number of thiazole rings is 1. The molecule has 0 saturated carbocycles. The first kappa shape index (κ1) is 18.3. The highest BCUT2D eigenvalue weighted by molar-refractivity contribution is 7.15. The molecule has 0 aliphatic rings. The number of nitrogens with zero attached hydrogens (tertiary/aromatic N) is 3. The van der Waals surface area contributed by atoms with E-state index in [1.165, 1.54) is 21.4 Å². The van der Waals surface area contributed by atoms with Crippen LogP contribution >= 0.6 is 11.3 Å². The minimum atomic E-state index is -0.388. The van der Waals surface area contributed by atoms with Crippen LogP contribution < -0.4 is 15.7 Å². The van der Waals surface area contributed by atoms with Gasteiger partial charge in [-0.25, -0.2) is 0 Å². The van der Waals surface area contributed by atoms with Gasteiger partial charge in [-0.05, 0) is 36.1 Å². The van der Waals surface area contributed by atoms with Crippen molar-refractivity contribution in [3.8, 4) is 0 Å². The van der Waals surface area contributed by atoms with Crippen molar-refractivity contribution in [1.29, 1.82) is 0 Å². The van der Waals surface area contributed by atoms with E-state index in [-0.39, 0.29) is 16.8 Å². The smallest absolute Gasteiger partial charge is 0.266 e. The third-order valence-corrected chi connectivity index (χ3v) is 5.59. The molecule has 0 unspecified atom stereocenters. The van der Waals surface area contributed by atoms with Crippen molar-refractivity contribution >= 4 is 22.4 Å². The molecule has 4 rings (SSSR count). The molecule has 28 heavy (non-hydrogen) atoms. The Morgan fingerprint density at radius 2 is 1.68 bits per heavy atom. The lowest BCUT2D eigenvalue weighted by Gasteiger charge is -2.01. The molecule has 0 spiro atoms. The topological polar surface area (TPSA) is 64.3 Å². The third-order valence-electron chi connectivity index (χ3n) is 4.63. The van der Waals surface area contributed by atoms with Crippen molar-refractivity contribution in [3.05, 3.63) is 102 Å². The largest absolute Gasteiger partial charge is 0.296 e. The predicted molar refractivity (Wildman–Crippen MR) is 112 cm³/mol. The van der Waals surface area contributed by atoms with Gasteiger partial charge in [0.05, 0.1) is 4.53 Å². The molecular formula is C22H19N3O2S. The minimum absolute atomic E-state index is 0.253. The molecule has 0 radical (unpaired) electrons. The molecule has 0 saturated heterocycles. The van der Waals surface area contributed by atoms with Crippen molar-refractivity contribution in [2.45, 2.75) is 26.7 Å². The van der Waals surface area contributed by atoms with E-state index in [0.717, 1.165) is 23.1 Å². The van der Waals surface area contributed by atoms with Crippen LogP contribution in [0.5, 0.6) is 0 Å². The van der Waals surface area contributed by atoms with Crippen LogP contribution in [0.2, 0.25) is 0 Å². The molecule has 6 heteroatoms. The van der Waals surface area contributed by atoms with E-state index in [0.29, 0.717) is 15.9 Å². The van der Waals surface area contributed by atoms with Crippen LogP contribution in [0.4, 0.5) is 0 Å². The van der Waals surface area contributed by atoms with E-state index < -0.39 is 0 Å². The van der Waals surface area contributed by atoms with Gasteiger partial charge in [-0.1, -0.05) is 72.4 Å². The molecule has 140 valence electrons. The van der Waals surface area contributed by atoms with Gasteiger partial charge in [0.1, 0.15) is 5.69 Å². The average molecular weight is 389 g/mol. The molecule has 2 aromatic carbocycles. The van der Waals surface area contributed by atoms with E-state index in [9.17, 15) is 9.59 Å². The molecule has 0 bridgehead atoms. The molecule has 0 N–H and O–H groups in total. The summed E-state index contributed by atoms with van der Waals surface area (Å²) < 4.78 is 1.75. The van der Waals surface area contributed by atoms with Crippen LogP contribution in [0.15, 0.2) is 58.1 Å². The van der Waals surface area contributed by atoms with Gasteiger partial charge in [0, 0.05) is 6.42 Å². The highest BCUT2D eigenvalue weighted by atomic mass is 32.1. The molecular weight excluding hydrogens is 370 g/mol. The first-order chi connectivity index (χ1) is 13.5. The number of benzene rings is 2. The average Bonchev–Trinajstić information content (AvgIpc) is 2.99. The number of hydrogen-bond donors (Lipinski definition) is 0. The van der Waals surface area contributed by atoms with Gasteiger partial charge >= 0.3 is 0 Å². The highest BCUT2D eigenvalue weighted by Gasteiger charge is 2.11. The van der Waals surface area contributed by atoms with E-state index in [1.54, 1.807) is 0 Å². The van der Waals surface area contributed by atoms with Crippen molar-refractivity contribution < 1.29 is 0 Å². The Labute approximate surface area is 165 Å². The zero-order chi connectivity index (χ0) is 19.7. The molecule has 2 heterocycles. The quantitative estimate of drug-likeness (QED) is 0.538. The van der Waals surface area contributed by atoms with Crippen LogP contribution in [0.3, 0.4) is 0 Å². The zero-order valence-electron chi connectivity index (χ0n) is 15.7. The number of fused-ring (bicyclic) bond motifs is 1. The maximum absolute atomic E-state index is 12.8. The normalized spacial score (nSPS) is 12.0. The number of aromatic nitrogens is 3. The first-order valence-electron chi connectivity index (χ1n) is 9.12. The fourth-order valence-corrected chi connectivity index (χ4v) is 3.86. The predicted octanol–water partition coefficient (Wildman–Crippen LogP) is 2.52. The van der Waals surface area contributed by atoms with Crippen LogP contribution in [0.25, 0.3) is 11.0 Å². The maximum Gasteiger partial charge on any atom is 0.296 e. The zero-order valence-corrected chi connectivity index (χ0v) is 16.5. The SMILES string of the molecule is CCc1ccc(C=c2sc3nc(=O)c(Cc4ccc(C)cc4)nn3c2=O)cc1. The van der Waals surface area contributed by atoms with Gasteiger partial charge in [-0.2, -0.15) is 14.6 Å². The Balaban J connectivity index is 1.76. The van der Waals surface area contributed by atoms with Gasteiger partial charge in [0.2, 0.25) is 4.96 Å². The van der Waals surface area contributed by atoms with Crippen LogP contribution in [-0.2, 0) is 12.8 Å². The van der Waals surface area contributed by atoms with Gasteiger partial charge in [0.15, 0.2) is 0 Å². The van der Waals surface area contributed by atoms with Crippen molar-refractivity contribution in [2.75, 3.05) is 0 Å². The fourth-order valence-electron chi connectivity index (χ4n) is 2.95. The summed E-state index contributed by atoms with van der Waals surface area (Å²) in [5.74, 6) is 0. The Morgan fingerprint density at radius 1 is 1.00 bits per heavy atom. The Bertz CT molecular complexity index is 1300. The third kappa shape index (κ3) is 3.64. The van der Waals surface area contributed by atoms with Crippen LogP contribution in [0.1, 0.15) is 34.9 Å². The molecule has 2 aromatic heterocycles. The lowest BCUT2D eigenvalue weighted by Crippen LogP contribution is -2.28. The second-order valence-electron chi connectivity index (χ2n) is 6.73. The summed E-state index contributed by atoms with van der Waals surface area (Å²) in [6, 6.07) is 15.9. The molecule has 0 aliphatic carbocycles. The lowest BCUT2D eigenvalue weighted by atomic mass is 10.1. The second kappa shape index (κ2) is 7.48. The summed E-state index contributed by atoms with van der Waals surface area (Å²) in [5, 5.41) is 4.30. The van der Waals surface area contributed by atoms with Crippen molar-refractivity contribution in [2.24, 2.45) is 0 Å². The fraction of sp³-hybridized carbons (Fsp3) is 0.182. The molecule has 5 nitrogen and oxygen atoms in total. The molecule has 0 amide bonds. The maximum atomic E-state index is 12.8. The minimum Gasteiger partial charge on any atom is -0.266 e. The van der Waals surface area contributed by atoms with Crippen molar-refractivity contribution in [1.82, 2.24) is 14.6 Å². The number of hydrogen-bond acceptors (Lipinski definition) is 5. The summed E-state index contributed by atoms with van der Waals surface area (Å²) in [7, 11) is 0. The Hall–Kier alpha value is -3.12. The highest BCUT2D eigenvalue weighted by Crippen LogP contribution is 2.08. The van der Waals surface area contributed by atoms with E-state index in [1.807, 2.05) is 61.5 Å². The molecule has 4 aromatic rings. The summed E-state index contributed by atoms with van der Waals surface area (Å²) in [4.78, 5) is 29.5. The first-order valence-corrected chi connectivity index (χ1v) is 9.94. The Kier molecular flexibility index (Phi) is 4.88. The molecule has 0 aliphatic heterocycles. The van der Waals surface area contributed by atoms with Gasteiger partial charge in [0.25, 0.3) is 11.1 Å². The summed E-state index contributed by atoms with van der Waals surface area (Å²) in [6.07, 6.45) is 3.13. The lowest BCUT2D eigenvalue weighted by molar-refractivity contribution is 0.811. The number of rotatable bonds is 4. The number of aryl methyl sites for hydroxylation is 2. The summed E-state index contributed by atoms with van der Waals surface area (Å²) in [6.45, 7) is 4.11. The van der Waals surface area contributed by atoms with Gasteiger partial charge < -0.3 is 0 Å². The summed E-state index contributed by atoms with van der Waals surface area (Å²) in [5.41, 5.74) is 3.92. The van der Waals surface area contributed by atoms with Crippen LogP contribution in [0, 0.1) is 6.92 Å². The monoisotopic (exact) mass is 389 g/mol. The van der Waals surface area contributed by atoms with Gasteiger partial charge in [-0.3, -0.25) is 9.59 Å². The van der Waals surface area contributed by atoms with Crippen LogP contribution in [-0.4, -0.2) is 14.6 Å². The van der Waals surface area contributed by atoms with E-state index >= 15 is 0 Å². The summed E-state index contributed by atoms with van der Waals surface area (Å²) >= 11 is 1.18.